The van der Waals surface area contributed by atoms with Gasteiger partial charge in [0.2, 0.25) is 6.57 Å². The largest absolute Gasteiger partial charge is 0.324 e. The average Bonchev–Trinajstić information content (AvgIpc) is 2.27. The molecule has 1 atom stereocenters. The molecular weight excluding hydrogens is 265 g/mol. The Morgan fingerprint density at radius 2 is 1.56 bits per heavy atom. The predicted molar refractivity (Wildman–Crippen MR) is 82.5 cm³/mol. The Labute approximate surface area is 117 Å². The molecule has 108 valence electrons. The monoisotopic (exact) mass is 293 g/mol. The first-order valence-electron chi connectivity index (χ1n) is 6.73. The Kier molecular flexibility index (Phi) is 6.23. The summed E-state index contributed by atoms with van der Waals surface area (Å²) in [5.74, 6) is 0. The van der Waals surface area contributed by atoms with Gasteiger partial charge < -0.3 is 4.52 Å². The number of nitrogens with zero attached hydrogens (tertiary/aromatic N) is 3. The van der Waals surface area contributed by atoms with E-state index in [1.807, 2.05) is 14.1 Å². The first-order valence-corrected chi connectivity index (χ1v) is 9.35. The van der Waals surface area contributed by atoms with Gasteiger partial charge in [-0.3, -0.25) is 4.90 Å². The molecule has 0 aromatic rings. The molecule has 0 aromatic carbocycles. The second-order valence-electron chi connectivity index (χ2n) is 5.58. The Morgan fingerprint density at radius 1 is 1.06 bits per heavy atom. The summed E-state index contributed by atoms with van der Waals surface area (Å²) in [6, 6.07) is 0.621. The molecule has 0 bridgehead atoms. The molecule has 1 rings (SSSR count). The zero-order valence-corrected chi connectivity index (χ0v) is 14.3. The molecule has 18 heavy (non-hydrogen) atoms. The Hall–Kier alpha value is 0.490. The second kappa shape index (κ2) is 6.78. The fraction of sp³-hybridized carbons (Fsp3) is 1.00. The van der Waals surface area contributed by atoms with Crippen molar-refractivity contribution < 1.29 is 4.52 Å². The van der Waals surface area contributed by atoms with Gasteiger partial charge >= 0.3 is 0 Å². The molecule has 1 aliphatic heterocycles. The number of rotatable bonds is 5. The van der Waals surface area contributed by atoms with Crippen LogP contribution in [0, 0.1) is 0 Å². The minimum Gasteiger partial charge on any atom is -0.324 e. The number of hydrogen-bond donors (Lipinski definition) is 0. The fourth-order valence-corrected chi connectivity index (χ4v) is 5.24. The third-order valence-electron chi connectivity index (χ3n) is 3.23. The van der Waals surface area contributed by atoms with Crippen molar-refractivity contribution in [3.63, 3.8) is 0 Å². The summed E-state index contributed by atoms with van der Waals surface area (Å²) in [7, 11) is 4.08. The van der Waals surface area contributed by atoms with E-state index >= 15 is 0 Å². The second-order valence-corrected chi connectivity index (χ2v) is 9.56. The molecule has 0 saturated carbocycles. The summed E-state index contributed by atoms with van der Waals surface area (Å²) >= 11 is 5.85. The summed E-state index contributed by atoms with van der Waals surface area (Å²) in [4.78, 5) is 2.50. The molecule has 0 radical (unpaired) electrons. The minimum absolute atomic E-state index is 0.182. The summed E-state index contributed by atoms with van der Waals surface area (Å²) in [6.45, 7) is 10.8. The van der Waals surface area contributed by atoms with Crippen molar-refractivity contribution in [1.29, 1.82) is 0 Å². The predicted octanol–water partition coefficient (Wildman–Crippen LogP) is 2.22. The standard InChI is InChI=1S/C12H28N3OPS/c1-11(2)14-7-9-15(10-8-14)17(18,13(5)6)16-12(3)4/h11-12H,7-10H2,1-6H3. The van der Waals surface area contributed by atoms with E-state index in [9.17, 15) is 0 Å². The topological polar surface area (TPSA) is 19.0 Å². The highest BCUT2D eigenvalue weighted by atomic mass is 32.5. The van der Waals surface area contributed by atoms with Gasteiger partial charge in [0.05, 0.1) is 6.10 Å². The maximum atomic E-state index is 6.09. The van der Waals surface area contributed by atoms with Crippen LogP contribution in [0.3, 0.4) is 0 Å². The molecule has 1 heterocycles. The number of hydrogen-bond acceptors (Lipinski definition) is 3. The van der Waals surface area contributed by atoms with Crippen LogP contribution in [0.15, 0.2) is 0 Å². The van der Waals surface area contributed by atoms with Crippen molar-refractivity contribution in [2.24, 2.45) is 0 Å². The van der Waals surface area contributed by atoms with Gasteiger partial charge in [0.1, 0.15) is 0 Å². The maximum Gasteiger partial charge on any atom is 0.203 e. The minimum atomic E-state index is -2.01. The van der Waals surface area contributed by atoms with Crippen molar-refractivity contribution in [2.75, 3.05) is 40.3 Å². The SMILES string of the molecule is CC(C)OP(=S)(N(C)C)N1CCN(C(C)C)CC1. The van der Waals surface area contributed by atoms with Crippen LogP contribution in [0.1, 0.15) is 27.7 Å². The first kappa shape index (κ1) is 16.5. The van der Waals surface area contributed by atoms with E-state index in [0.717, 1.165) is 26.2 Å². The van der Waals surface area contributed by atoms with Crippen molar-refractivity contribution in [1.82, 2.24) is 14.2 Å². The Balaban J connectivity index is 2.70. The first-order chi connectivity index (χ1) is 8.27. The molecule has 0 amide bonds. The van der Waals surface area contributed by atoms with E-state index < -0.39 is 6.57 Å². The van der Waals surface area contributed by atoms with Gasteiger partial charge in [0.25, 0.3) is 0 Å². The molecule has 0 spiro atoms. The van der Waals surface area contributed by atoms with Crippen LogP contribution in [-0.4, -0.2) is 66.7 Å². The molecule has 1 saturated heterocycles. The van der Waals surface area contributed by atoms with Gasteiger partial charge in [0, 0.05) is 32.2 Å². The molecule has 1 fully saturated rings. The lowest BCUT2D eigenvalue weighted by Crippen LogP contribution is -2.49. The van der Waals surface area contributed by atoms with Crippen molar-refractivity contribution >= 4 is 18.4 Å². The van der Waals surface area contributed by atoms with Gasteiger partial charge in [-0.05, 0) is 53.6 Å². The van der Waals surface area contributed by atoms with Gasteiger partial charge in [-0.1, -0.05) is 0 Å². The summed E-state index contributed by atoms with van der Waals surface area (Å²) < 4.78 is 10.6. The van der Waals surface area contributed by atoms with Crippen molar-refractivity contribution in [2.45, 2.75) is 39.8 Å². The van der Waals surface area contributed by atoms with Crippen LogP contribution >= 0.6 is 6.57 Å². The lowest BCUT2D eigenvalue weighted by molar-refractivity contribution is 0.135. The average molecular weight is 293 g/mol. The van der Waals surface area contributed by atoms with E-state index in [1.165, 1.54) is 0 Å². The summed E-state index contributed by atoms with van der Waals surface area (Å²) in [5.41, 5.74) is 0. The van der Waals surface area contributed by atoms with E-state index in [2.05, 4.69) is 41.9 Å². The van der Waals surface area contributed by atoms with Gasteiger partial charge in [-0.2, -0.15) is 0 Å². The molecule has 1 unspecified atom stereocenters. The van der Waals surface area contributed by atoms with Gasteiger partial charge in [-0.25, -0.2) is 9.34 Å². The maximum absolute atomic E-state index is 6.09. The zero-order chi connectivity index (χ0) is 13.9. The molecule has 0 aromatic heterocycles. The number of piperazine rings is 1. The molecule has 4 nitrogen and oxygen atoms in total. The Bertz CT molecular complexity index is 302. The highest BCUT2D eigenvalue weighted by Crippen LogP contribution is 2.54. The van der Waals surface area contributed by atoms with Crippen LogP contribution in [0.25, 0.3) is 0 Å². The highest BCUT2D eigenvalue weighted by molar-refractivity contribution is 8.09. The van der Waals surface area contributed by atoms with Crippen molar-refractivity contribution in [3.05, 3.63) is 0 Å². The quantitative estimate of drug-likeness (QED) is 0.722. The highest BCUT2D eigenvalue weighted by Gasteiger charge is 2.33. The summed E-state index contributed by atoms with van der Waals surface area (Å²) in [6.07, 6.45) is 0.182. The van der Waals surface area contributed by atoms with Crippen LogP contribution in [0.4, 0.5) is 0 Å². The molecular formula is C12H28N3OPS. The lowest BCUT2D eigenvalue weighted by atomic mass is 10.3. The zero-order valence-electron chi connectivity index (χ0n) is 12.6. The smallest absolute Gasteiger partial charge is 0.203 e. The summed E-state index contributed by atoms with van der Waals surface area (Å²) in [5, 5.41) is 0. The van der Waals surface area contributed by atoms with Gasteiger partial charge in [0.15, 0.2) is 0 Å². The van der Waals surface area contributed by atoms with Crippen molar-refractivity contribution in [3.8, 4) is 0 Å². The lowest BCUT2D eigenvalue weighted by Gasteiger charge is -2.44. The Morgan fingerprint density at radius 3 is 1.89 bits per heavy atom. The van der Waals surface area contributed by atoms with Crippen LogP contribution in [0.5, 0.6) is 0 Å². The van der Waals surface area contributed by atoms with E-state index in [-0.39, 0.29) is 6.10 Å². The normalized spacial score (nSPS) is 22.9. The van der Waals surface area contributed by atoms with E-state index in [4.69, 9.17) is 16.3 Å². The molecule has 0 N–H and O–H groups in total. The fourth-order valence-electron chi connectivity index (χ4n) is 2.17. The molecule has 0 aliphatic carbocycles. The molecule has 6 heteroatoms. The van der Waals surface area contributed by atoms with Crippen LogP contribution in [0.2, 0.25) is 0 Å². The van der Waals surface area contributed by atoms with Gasteiger partial charge in [-0.15, -0.1) is 0 Å². The van der Waals surface area contributed by atoms with E-state index in [1.54, 1.807) is 0 Å². The third kappa shape index (κ3) is 3.99. The van der Waals surface area contributed by atoms with Crippen LogP contribution in [-0.2, 0) is 16.3 Å². The van der Waals surface area contributed by atoms with E-state index in [0.29, 0.717) is 6.04 Å². The van der Waals surface area contributed by atoms with Crippen LogP contribution < -0.4 is 0 Å². The third-order valence-corrected chi connectivity index (χ3v) is 7.98. The molecule has 1 aliphatic rings.